The van der Waals surface area contributed by atoms with Crippen LogP contribution in [0, 0.1) is 11.8 Å². The molecule has 0 aliphatic rings. The van der Waals surface area contributed by atoms with Crippen molar-refractivity contribution in [3.05, 3.63) is 35.9 Å². The van der Waals surface area contributed by atoms with E-state index in [1.807, 2.05) is 30.3 Å². The summed E-state index contributed by atoms with van der Waals surface area (Å²) in [5.41, 5.74) is 8.02. The van der Waals surface area contributed by atoms with Gasteiger partial charge in [0, 0.05) is 5.92 Å². The highest BCUT2D eigenvalue weighted by molar-refractivity contribution is 5.82. The van der Waals surface area contributed by atoms with E-state index in [0.29, 0.717) is 25.2 Å². The Kier molecular flexibility index (Phi) is 7.60. The van der Waals surface area contributed by atoms with Gasteiger partial charge in [-0.25, -0.2) is 5.48 Å². The summed E-state index contributed by atoms with van der Waals surface area (Å²) in [4.78, 5) is 23.3. The number of amides is 2. The number of carbonyl (C=O) groups excluding carboxylic acids is 2. The minimum Gasteiger partial charge on any atom is -0.369 e. The highest BCUT2D eigenvalue weighted by Crippen LogP contribution is 2.25. The first-order chi connectivity index (χ1) is 10.5. The first-order valence-corrected chi connectivity index (χ1v) is 7.73. The molecule has 1 rings (SSSR count). The normalized spacial score (nSPS) is 13.6. The average molecular weight is 306 g/mol. The van der Waals surface area contributed by atoms with E-state index in [-0.39, 0.29) is 11.8 Å². The Morgan fingerprint density at radius 1 is 1.18 bits per heavy atom. The molecule has 0 bridgehead atoms. The van der Waals surface area contributed by atoms with E-state index >= 15 is 0 Å². The van der Waals surface area contributed by atoms with Crippen LogP contribution in [0.25, 0.3) is 0 Å². The molecule has 122 valence electrons. The van der Waals surface area contributed by atoms with Crippen molar-refractivity contribution in [3.8, 4) is 0 Å². The molecule has 0 spiro atoms. The fourth-order valence-corrected chi connectivity index (χ4v) is 2.73. The Morgan fingerprint density at radius 3 is 2.32 bits per heavy atom. The van der Waals surface area contributed by atoms with Crippen LogP contribution in [0.5, 0.6) is 0 Å². The van der Waals surface area contributed by atoms with Crippen LogP contribution in [0.15, 0.2) is 30.3 Å². The Balaban J connectivity index is 2.64. The lowest BCUT2D eigenvalue weighted by Gasteiger charge is -2.18. The lowest BCUT2D eigenvalue weighted by atomic mass is 9.87. The van der Waals surface area contributed by atoms with Crippen molar-refractivity contribution in [2.75, 3.05) is 0 Å². The third kappa shape index (κ3) is 5.85. The van der Waals surface area contributed by atoms with Crippen LogP contribution < -0.4 is 11.2 Å². The topological polar surface area (TPSA) is 92.4 Å². The molecule has 0 heterocycles. The van der Waals surface area contributed by atoms with Crippen molar-refractivity contribution < 1.29 is 14.8 Å². The molecule has 4 N–H and O–H groups in total. The summed E-state index contributed by atoms with van der Waals surface area (Å²) in [5.74, 6) is -0.877. The van der Waals surface area contributed by atoms with Gasteiger partial charge in [0.05, 0.1) is 5.92 Å². The lowest BCUT2D eigenvalue weighted by molar-refractivity contribution is -0.131. The van der Waals surface area contributed by atoms with Gasteiger partial charge in [-0.1, -0.05) is 50.6 Å². The minimum absolute atomic E-state index is 0.159. The van der Waals surface area contributed by atoms with Gasteiger partial charge in [0.25, 0.3) is 5.91 Å². The number of benzene rings is 1. The number of nitrogens with one attached hydrogen (secondary N) is 1. The second-order valence-corrected chi connectivity index (χ2v) is 6.10. The van der Waals surface area contributed by atoms with Crippen molar-refractivity contribution in [1.29, 1.82) is 0 Å². The predicted octanol–water partition coefficient (Wildman–Crippen LogP) is 2.59. The van der Waals surface area contributed by atoms with E-state index in [2.05, 4.69) is 13.8 Å². The molecule has 1 aromatic rings. The van der Waals surface area contributed by atoms with Gasteiger partial charge in [0.15, 0.2) is 0 Å². The van der Waals surface area contributed by atoms with Crippen molar-refractivity contribution >= 4 is 11.8 Å². The van der Waals surface area contributed by atoms with Gasteiger partial charge in [0.2, 0.25) is 5.91 Å². The molecule has 2 atom stereocenters. The van der Waals surface area contributed by atoms with Crippen molar-refractivity contribution in [2.45, 2.75) is 45.4 Å². The molecule has 1 aromatic carbocycles. The molecule has 0 saturated heterocycles. The summed E-state index contributed by atoms with van der Waals surface area (Å²) in [5, 5.41) is 8.91. The van der Waals surface area contributed by atoms with Gasteiger partial charge < -0.3 is 5.73 Å². The molecule has 5 heteroatoms. The quantitative estimate of drug-likeness (QED) is 0.483. The van der Waals surface area contributed by atoms with Crippen LogP contribution in [0.2, 0.25) is 0 Å². The molecule has 5 nitrogen and oxygen atoms in total. The van der Waals surface area contributed by atoms with E-state index < -0.39 is 11.8 Å². The van der Waals surface area contributed by atoms with Gasteiger partial charge in [-0.3, -0.25) is 14.8 Å². The SMILES string of the molecule is CC(C)CC(CCC[C@H](C(=O)NO)c1ccccc1)C(N)=O. The maximum Gasteiger partial charge on any atom is 0.250 e. The molecule has 1 unspecified atom stereocenters. The highest BCUT2D eigenvalue weighted by Gasteiger charge is 2.22. The molecule has 0 radical (unpaired) electrons. The molecule has 22 heavy (non-hydrogen) atoms. The molecule has 0 aliphatic heterocycles. The van der Waals surface area contributed by atoms with Crippen LogP contribution in [0.4, 0.5) is 0 Å². The zero-order chi connectivity index (χ0) is 16.5. The standard InChI is InChI=1S/C17H26N2O3/c1-12(2)11-14(16(18)20)9-6-10-15(17(21)19-22)13-7-4-3-5-8-13/h3-5,7-8,12,14-15,22H,6,9-11H2,1-2H3,(H2,18,20)(H,19,21)/t14?,15-/m0/s1. The van der Waals surface area contributed by atoms with Crippen molar-refractivity contribution in [2.24, 2.45) is 17.6 Å². The molecular formula is C17H26N2O3. The van der Waals surface area contributed by atoms with Gasteiger partial charge in [-0.05, 0) is 30.7 Å². The van der Waals surface area contributed by atoms with Gasteiger partial charge in [-0.2, -0.15) is 0 Å². The fraction of sp³-hybridized carbons (Fsp3) is 0.529. The zero-order valence-electron chi connectivity index (χ0n) is 13.3. The molecule has 0 aromatic heterocycles. The van der Waals surface area contributed by atoms with Gasteiger partial charge >= 0.3 is 0 Å². The summed E-state index contributed by atoms with van der Waals surface area (Å²) in [6, 6.07) is 9.32. The fourth-order valence-electron chi connectivity index (χ4n) is 2.73. The summed E-state index contributed by atoms with van der Waals surface area (Å²) in [6.45, 7) is 4.11. The first-order valence-electron chi connectivity index (χ1n) is 7.73. The number of rotatable bonds is 9. The maximum absolute atomic E-state index is 11.8. The number of carbonyl (C=O) groups is 2. The number of primary amides is 1. The molecule has 2 amide bonds. The van der Waals surface area contributed by atoms with E-state index in [1.54, 1.807) is 5.48 Å². The number of hydrogen-bond donors (Lipinski definition) is 3. The summed E-state index contributed by atoms with van der Waals surface area (Å²) in [6.07, 6.45) is 2.69. The predicted molar refractivity (Wildman–Crippen MR) is 85.1 cm³/mol. The minimum atomic E-state index is -0.425. The highest BCUT2D eigenvalue weighted by atomic mass is 16.5. The average Bonchev–Trinajstić information content (AvgIpc) is 2.50. The van der Waals surface area contributed by atoms with E-state index in [1.165, 1.54) is 0 Å². The second kappa shape index (κ2) is 9.20. The van der Waals surface area contributed by atoms with Gasteiger partial charge in [0.1, 0.15) is 0 Å². The van der Waals surface area contributed by atoms with Crippen LogP contribution in [0.3, 0.4) is 0 Å². The van der Waals surface area contributed by atoms with Crippen LogP contribution in [-0.2, 0) is 9.59 Å². The largest absolute Gasteiger partial charge is 0.369 e. The van der Waals surface area contributed by atoms with Crippen molar-refractivity contribution in [3.63, 3.8) is 0 Å². The Bertz CT molecular complexity index is 474. The number of hydroxylamine groups is 1. The maximum atomic E-state index is 11.8. The molecule has 0 fully saturated rings. The molecular weight excluding hydrogens is 280 g/mol. The smallest absolute Gasteiger partial charge is 0.250 e. The summed E-state index contributed by atoms with van der Waals surface area (Å²) < 4.78 is 0. The van der Waals surface area contributed by atoms with E-state index in [4.69, 9.17) is 10.9 Å². The Morgan fingerprint density at radius 2 is 1.82 bits per heavy atom. The Labute approximate surface area is 131 Å². The first kappa shape index (κ1) is 18.2. The second-order valence-electron chi connectivity index (χ2n) is 6.10. The van der Waals surface area contributed by atoms with E-state index in [0.717, 1.165) is 12.0 Å². The van der Waals surface area contributed by atoms with E-state index in [9.17, 15) is 9.59 Å². The number of nitrogens with two attached hydrogens (primary N) is 1. The molecule has 0 saturated carbocycles. The monoisotopic (exact) mass is 306 g/mol. The Hall–Kier alpha value is -1.88. The van der Waals surface area contributed by atoms with Crippen LogP contribution >= 0.6 is 0 Å². The van der Waals surface area contributed by atoms with Crippen LogP contribution in [0.1, 0.15) is 51.0 Å². The molecule has 0 aliphatic carbocycles. The summed E-state index contributed by atoms with van der Waals surface area (Å²) >= 11 is 0. The third-order valence-electron chi connectivity index (χ3n) is 3.83. The lowest BCUT2D eigenvalue weighted by Crippen LogP contribution is -2.27. The summed E-state index contributed by atoms with van der Waals surface area (Å²) in [7, 11) is 0. The third-order valence-corrected chi connectivity index (χ3v) is 3.83. The van der Waals surface area contributed by atoms with Gasteiger partial charge in [-0.15, -0.1) is 0 Å². The number of hydrogen-bond acceptors (Lipinski definition) is 3. The zero-order valence-corrected chi connectivity index (χ0v) is 13.3. The van der Waals surface area contributed by atoms with Crippen LogP contribution in [-0.4, -0.2) is 17.0 Å². The van der Waals surface area contributed by atoms with Crippen molar-refractivity contribution in [1.82, 2.24) is 5.48 Å².